The molecule has 0 saturated carbocycles. The molecule has 1 amide bonds. The van der Waals surface area contributed by atoms with E-state index in [1.807, 2.05) is 24.3 Å². The maximum atomic E-state index is 13.7. The largest absolute Gasteiger partial charge is 0.502 e. The zero-order valence-corrected chi connectivity index (χ0v) is 20.2. The van der Waals surface area contributed by atoms with Crippen molar-refractivity contribution >= 4 is 16.8 Å². The molecule has 36 heavy (non-hydrogen) atoms. The zero-order valence-electron chi connectivity index (χ0n) is 20.2. The minimum absolute atomic E-state index is 0.171. The van der Waals surface area contributed by atoms with Crippen LogP contribution in [-0.2, 0) is 4.79 Å². The van der Waals surface area contributed by atoms with E-state index in [9.17, 15) is 18.5 Å². The summed E-state index contributed by atoms with van der Waals surface area (Å²) in [5, 5.41) is 5.37. The highest BCUT2D eigenvalue weighted by Crippen LogP contribution is 2.30. The topological polar surface area (TPSA) is 86.3 Å². The first-order chi connectivity index (χ1) is 17.1. The number of benzene rings is 2. The fourth-order valence-electron chi connectivity index (χ4n) is 4.00. The molecule has 4 rings (SSSR count). The van der Waals surface area contributed by atoms with Crippen molar-refractivity contribution < 1.29 is 27.8 Å². The molecule has 0 spiro atoms. The summed E-state index contributed by atoms with van der Waals surface area (Å²) < 4.78 is 39.0. The molecule has 8 nitrogen and oxygen atoms in total. The summed E-state index contributed by atoms with van der Waals surface area (Å²) >= 11 is 0. The van der Waals surface area contributed by atoms with Gasteiger partial charge in [-0.25, -0.2) is 9.78 Å². The van der Waals surface area contributed by atoms with Crippen molar-refractivity contribution in [2.75, 3.05) is 14.2 Å². The number of alkyl halides is 2. The van der Waals surface area contributed by atoms with Crippen LogP contribution in [0.1, 0.15) is 25.5 Å². The van der Waals surface area contributed by atoms with Crippen LogP contribution in [-0.4, -0.2) is 51.6 Å². The average molecular weight is 496 g/mol. The Labute approximate surface area is 206 Å². The van der Waals surface area contributed by atoms with E-state index in [0.29, 0.717) is 29.6 Å². The van der Waals surface area contributed by atoms with Crippen molar-refractivity contribution in [2.24, 2.45) is 0 Å². The lowest BCUT2D eigenvalue weighted by molar-refractivity contribution is -0.519. The molecular weight excluding hydrogens is 470 g/mol. The van der Waals surface area contributed by atoms with Gasteiger partial charge in [-0.05, 0) is 41.5 Å². The van der Waals surface area contributed by atoms with Gasteiger partial charge in [0.2, 0.25) is 11.9 Å². The Bertz CT molecular complexity index is 1400. The van der Waals surface area contributed by atoms with Gasteiger partial charge in [0.25, 0.3) is 0 Å². The Hall–Kier alpha value is -4.21. The zero-order chi connectivity index (χ0) is 26.0. The van der Waals surface area contributed by atoms with E-state index in [0.717, 1.165) is 16.5 Å². The maximum Gasteiger partial charge on any atom is 0.502 e. The summed E-state index contributed by atoms with van der Waals surface area (Å²) in [4.78, 5) is 29.0. The molecule has 0 aliphatic rings. The third kappa shape index (κ3) is 4.93. The van der Waals surface area contributed by atoms with Crippen molar-refractivity contribution in [3.05, 3.63) is 77.5 Å². The monoisotopic (exact) mass is 495 g/mol. The number of rotatable bonds is 8. The smallest absolute Gasteiger partial charge is 0.497 e. The van der Waals surface area contributed by atoms with Gasteiger partial charge in [0.05, 0.1) is 24.5 Å². The average Bonchev–Trinajstić information content (AvgIpc) is 3.30. The standard InChI is InChI=1S/C26H25F2N4O4/c1-16(32(34)25(33)26(2,27)28)24(17-5-9-21(35-3)10-6-17)31-15-20-13-18(7-11-22(20)30-31)19-8-12-23(36-4)29-14-19/h5-16,24H,1-4H3/q+1/t16-,24+/m0/s1. The van der Waals surface area contributed by atoms with E-state index < -0.39 is 23.9 Å². The second-order valence-electron chi connectivity index (χ2n) is 8.45. The normalized spacial score (nSPS) is 13.3. The summed E-state index contributed by atoms with van der Waals surface area (Å²) in [6.07, 6.45) is 3.42. The summed E-state index contributed by atoms with van der Waals surface area (Å²) in [7, 11) is 3.06. The Morgan fingerprint density at radius 2 is 1.72 bits per heavy atom. The van der Waals surface area contributed by atoms with Crippen LogP contribution in [0.5, 0.6) is 11.6 Å². The first-order valence-corrected chi connectivity index (χ1v) is 11.1. The van der Waals surface area contributed by atoms with Gasteiger partial charge in [0.1, 0.15) is 11.8 Å². The molecule has 2 aromatic carbocycles. The highest BCUT2D eigenvalue weighted by Gasteiger charge is 2.50. The number of methoxy groups -OCH3 is 2. The molecule has 0 aliphatic heterocycles. The van der Waals surface area contributed by atoms with Gasteiger partial charge in [0, 0.05) is 48.2 Å². The third-order valence-corrected chi connectivity index (χ3v) is 5.95. The van der Waals surface area contributed by atoms with Crippen LogP contribution in [0.4, 0.5) is 8.78 Å². The molecule has 186 valence electrons. The fraction of sp³-hybridized carbons (Fsp3) is 0.269. The molecule has 0 fully saturated rings. The number of carbonyl (C=O) groups excluding carboxylic acids is 1. The lowest BCUT2D eigenvalue weighted by Gasteiger charge is -2.19. The van der Waals surface area contributed by atoms with Crippen LogP contribution >= 0.6 is 0 Å². The summed E-state index contributed by atoms with van der Waals surface area (Å²) in [5.41, 5.74) is 2.99. The van der Waals surface area contributed by atoms with E-state index in [4.69, 9.17) is 9.47 Å². The minimum atomic E-state index is -3.80. The van der Waals surface area contributed by atoms with Crippen LogP contribution < -0.4 is 9.47 Å². The predicted octanol–water partition coefficient (Wildman–Crippen LogP) is 5.05. The molecule has 0 N–H and O–H groups in total. The Kier molecular flexibility index (Phi) is 6.78. The van der Waals surface area contributed by atoms with Crippen molar-refractivity contribution in [2.45, 2.75) is 31.9 Å². The predicted molar refractivity (Wildman–Crippen MR) is 129 cm³/mol. The van der Waals surface area contributed by atoms with Gasteiger partial charge in [-0.2, -0.15) is 13.9 Å². The quantitative estimate of drug-likeness (QED) is 0.318. The number of fused-ring (bicyclic) bond motifs is 1. The SMILES string of the molecule is COc1ccc([C@@H]([C@H](C)[N+](=O)C(=O)C(C)(F)F)n2cc3cc(-c4ccc(OC)nc4)ccc3n2)cc1. The Morgan fingerprint density at radius 3 is 2.31 bits per heavy atom. The van der Waals surface area contributed by atoms with Gasteiger partial charge in [-0.1, -0.05) is 18.2 Å². The molecular formula is C26H25F2N4O4+. The number of hydrogen-bond acceptors (Lipinski definition) is 6. The summed E-state index contributed by atoms with van der Waals surface area (Å²) in [6.45, 7) is 1.83. The van der Waals surface area contributed by atoms with E-state index in [1.54, 1.807) is 49.8 Å². The van der Waals surface area contributed by atoms with Crippen LogP contribution in [0.15, 0.2) is 67.0 Å². The number of halogens is 2. The number of pyridine rings is 1. The van der Waals surface area contributed by atoms with Gasteiger partial charge >= 0.3 is 11.8 Å². The van der Waals surface area contributed by atoms with E-state index in [-0.39, 0.29) is 4.76 Å². The van der Waals surface area contributed by atoms with E-state index >= 15 is 0 Å². The number of carbonyl (C=O) groups is 1. The fourth-order valence-corrected chi connectivity index (χ4v) is 4.00. The summed E-state index contributed by atoms with van der Waals surface area (Å²) in [5.74, 6) is -4.52. The van der Waals surface area contributed by atoms with Crippen LogP contribution in [0.2, 0.25) is 0 Å². The first-order valence-electron chi connectivity index (χ1n) is 11.1. The third-order valence-electron chi connectivity index (χ3n) is 5.95. The molecule has 2 aromatic heterocycles. The van der Waals surface area contributed by atoms with Gasteiger partial charge in [-0.3, -0.25) is 4.68 Å². The molecule has 4 aromatic rings. The molecule has 2 heterocycles. The molecule has 0 aliphatic carbocycles. The molecule has 0 unspecified atom stereocenters. The second-order valence-corrected chi connectivity index (χ2v) is 8.45. The van der Waals surface area contributed by atoms with Crippen LogP contribution in [0, 0.1) is 4.91 Å². The van der Waals surface area contributed by atoms with Gasteiger partial charge < -0.3 is 9.47 Å². The molecule has 0 saturated heterocycles. The number of amides is 1. The molecule has 10 heteroatoms. The number of aromatic nitrogens is 3. The lowest BCUT2D eigenvalue weighted by atomic mass is 10.00. The van der Waals surface area contributed by atoms with Crippen molar-refractivity contribution in [3.63, 3.8) is 0 Å². The van der Waals surface area contributed by atoms with Crippen molar-refractivity contribution in [3.8, 4) is 22.8 Å². The first kappa shape index (κ1) is 24.9. The molecule has 0 bridgehead atoms. The van der Waals surface area contributed by atoms with Crippen LogP contribution in [0.3, 0.4) is 0 Å². The molecule has 2 atom stereocenters. The van der Waals surface area contributed by atoms with Gasteiger partial charge in [-0.15, -0.1) is 0 Å². The Balaban J connectivity index is 1.76. The van der Waals surface area contributed by atoms with Crippen molar-refractivity contribution in [1.29, 1.82) is 0 Å². The number of ether oxygens (including phenoxy) is 2. The van der Waals surface area contributed by atoms with Crippen molar-refractivity contribution in [1.82, 2.24) is 14.8 Å². The highest BCUT2D eigenvalue weighted by atomic mass is 19.3. The minimum Gasteiger partial charge on any atom is -0.497 e. The van der Waals surface area contributed by atoms with Crippen LogP contribution in [0.25, 0.3) is 22.0 Å². The number of hydrogen-bond donors (Lipinski definition) is 0. The van der Waals surface area contributed by atoms with Gasteiger partial charge in [0.15, 0.2) is 0 Å². The van der Waals surface area contributed by atoms with E-state index in [1.165, 1.54) is 18.7 Å². The maximum absolute atomic E-state index is 13.7. The number of nitrogens with zero attached hydrogens (tertiary/aromatic N) is 4. The molecule has 0 radical (unpaired) electrons. The number of nitroso groups, excluding NO2 is 1. The highest BCUT2D eigenvalue weighted by molar-refractivity contribution is 5.84. The van der Waals surface area contributed by atoms with E-state index in [2.05, 4.69) is 10.1 Å². The lowest BCUT2D eigenvalue weighted by Crippen LogP contribution is -2.42. The second kappa shape index (κ2) is 9.80. The Morgan fingerprint density at radius 1 is 1.03 bits per heavy atom. The summed E-state index contributed by atoms with van der Waals surface area (Å²) in [6, 6.07) is 14.0.